The SMILES string of the molecule is CCCNC(=O)[C@H](CC)N(Cc1ccc(C)cc1)C(=O)COc1ccc(OC)cc1. The summed E-state index contributed by atoms with van der Waals surface area (Å²) in [6.07, 6.45) is 1.37. The van der Waals surface area contributed by atoms with E-state index in [2.05, 4.69) is 5.32 Å². The fourth-order valence-corrected chi connectivity index (χ4v) is 3.08. The summed E-state index contributed by atoms with van der Waals surface area (Å²) in [4.78, 5) is 27.4. The largest absolute Gasteiger partial charge is 0.497 e. The molecule has 0 aliphatic carbocycles. The first-order chi connectivity index (χ1) is 14.5. The Kier molecular flexibility index (Phi) is 9.19. The van der Waals surface area contributed by atoms with E-state index in [9.17, 15) is 9.59 Å². The number of hydrogen-bond acceptors (Lipinski definition) is 4. The molecule has 0 spiro atoms. The Morgan fingerprint density at radius 2 is 1.63 bits per heavy atom. The molecule has 30 heavy (non-hydrogen) atoms. The lowest BCUT2D eigenvalue weighted by atomic mass is 10.1. The molecule has 0 radical (unpaired) electrons. The van der Waals surface area contributed by atoms with Crippen molar-refractivity contribution in [3.63, 3.8) is 0 Å². The molecule has 1 N–H and O–H groups in total. The molecular formula is C24H32N2O4. The van der Waals surface area contributed by atoms with Crippen LogP contribution < -0.4 is 14.8 Å². The lowest BCUT2D eigenvalue weighted by molar-refractivity contribution is -0.143. The Hall–Kier alpha value is -3.02. The molecule has 0 saturated heterocycles. The molecule has 0 aromatic heterocycles. The third-order valence-electron chi connectivity index (χ3n) is 4.83. The lowest BCUT2D eigenvalue weighted by Gasteiger charge is -2.30. The topological polar surface area (TPSA) is 67.9 Å². The van der Waals surface area contributed by atoms with E-state index in [0.29, 0.717) is 31.0 Å². The Morgan fingerprint density at radius 1 is 1.00 bits per heavy atom. The smallest absolute Gasteiger partial charge is 0.261 e. The lowest BCUT2D eigenvalue weighted by Crippen LogP contribution is -2.50. The van der Waals surface area contributed by atoms with Gasteiger partial charge in [0, 0.05) is 13.1 Å². The van der Waals surface area contributed by atoms with Gasteiger partial charge < -0.3 is 19.7 Å². The Balaban J connectivity index is 2.15. The van der Waals surface area contributed by atoms with Crippen LogP contribution in [-0.2, 0) is 16.1 Å². The zero-order chi connectivity index (χ0) is 21.9. The van der Waals surface area contributed by atoms with Crippen molar-refractivity contribution in [3.8, 4) is 11.5 Å². The number of nitrogens with one attached hydrogen (secondary N) is 1. The average Bonchev–Trinajstić information content (AvgIpc) is 2.77. The molecule has 0 aliphatic rings. The van der Waals surface area contributed by atoms with Crippen molar-refractivity contribution < 1.29 is 19.1 Å². The van der Waals surface area contributed by atoms with Crippen LogP contribution in [-0.4, -0.2) is 43.0 Å². The number of nitrogens with zero attached hydrogens (tertiary/aromatic N) is 1. The van der Waals surface area contributed by atoms with Crippen LogP contribution in [0.1, 0.15) is 37.8 Å². The maximum Gasteiger partial charge on any atom is 0.261 e. The van der Waals surface area contributed by atoms with Crippen LogP contribution >= 0.6 is 0 Å². The molecule has 6 heteroatoms. The van der Waals surface area contributed by atoms with Crippen molar-refractivity contribution in [2.24, 2.45) is 0 Å². The minimum atomic E-state index is -0.551. The molecule has 0 heterocycles. The minimum Gasteiger partial charge on any atom is -0.497 e. The predicted octanol–water partition coefficient (Wildman–Crippen LogP) is 3.72. The van der Waals surface area contributed by atoms with Gasteiger partial charge in [0.15, 0.2) is 6.61 Å². The second-order valence-electron chi connectivity index (χ2n) is 7.19. The summed E-state index contributed by atoms with van der Waals surface area (Å²) in [5, 5.41) is 2.91. The quantitative estimate of drug-likeness (QED) is 0.611. The molecule has 0 aliphatic heterocycles. The van der Waals surface area contributed by atoms with E-state index >= 15 is 0 Å². The van der Waals surface area contributed by atoms with Crippen LogP contribution in [0.3, 0.4) is 0 Å². The van der Waals surface area contributed by atoms with E-state index in [4.69, 9.17) is 9.47 Å². The highest BCUT2D eigenvalue weighted by molar-refractivity contribution is 5.88. The molecule has 2 amide bonds. The van der Waals surface area contributed by atoms with Gasteiger partial charge in [-0.3, -0.25) is 9.59 Å². The highest BCUT2D eigenvalue weighted by atomic mass is 16.5. The Labute approximate surface area is 179 Å². The summed E-state index contributed by atoms with van der Waals surface area (Å²) in [5.74, 6) is 0.922. The first-order valence-corrected chi connectivity index (χ1v) is 10.4. The summed E-state index contributed by atoms with van der Waals surface area (Å²) >= 11 is 0. The van der Waals surface area contributed by atoms with Gasteiger partial charge in [0.25, 0.3) is 5.91 Å². The molecule has 0 unspecified atom stereocenters. The second kappa shape index (κ2) is 11.9. The van der Waals surface area contributed by atoms with Crippen molar-refractivity contribution in [1.29, 1.82) is 0 Å². The monoisotopic (exact) mass is 412 g/mol. The zero-order valence-corrected chi connectivity index (χ0v) is 18.3. The molecule has 2 rings (SSSR count). The molecule has 162 valence electrons. The van der Waals surface area contributed by atoms with Crippen LogP contribution in [0.2, 0.25) is 0 Å². The first kappa shape index (κ1) is 23.3. The summed E-state index contributed by atoms with van der Waals surface area (Å²) in [5.41, 5.74) is 2.12. The third-order valence-corrected chi connectivity index (χ3v) is 4.83. The maximum absolute atomic E-state index is 13.1. The van der Waals surface area contributed by atoms with Gasteiger partial charge in [-0.1, -0.05) is 43.7 Å². The molecular weight excluding hydrogens is 380 g/mol. The minimum absolute atomic E-state index is 0.135. The van der Waals surface area contributed by atoms with E-state index < -0.39 is 6.04 Å². The predicted molar refractivity (Wildman–Crippen MR) is 118 cm³/mol. The van der Waals surface area contributed by atoms with Gasteiger partial charge in [-0.05, 0) is 49.6 Å². The van der Waals surface area contributed by atoms with E-state index in [1.54, 1.807) is 36.3 Å². The van der Waals surface area contributed by atoms with E-state index in [-0.39, 0.29) is 18.4 Å². The second-order valence-corrected chi connectivity index (χ2v) is 7.19. The van der Waals surface area contributed by atoms with Crippen molar-refractivity contribution in [1.82, 2.24) is 10.2 Å². The maximum atomic E-state index is 13.1. The molecule has 2 aromatic rings. The highest BCUT2D eigenvalue weighted by Crippen LogP contribution is 2.18. The number of methoxy groups -OCH3 is 1. The molecule has 1 atom stereocenters. The van der Waals surface area contributed by atoms with Crippen LogP contribution in [0.25, 0.3) is 0 Å². The molecule has 0 saturated carbocycles. The fourth-order valence-electron chi connectivity index (χ4n) is 3.08. The average molecular weight is 413 g/mol. The van der Waals surface area contributed by atoms with Gasteiger partial charge in [-0.25, -0.2) is 0 Å². The van der Waals surface area contributed by atoms with Crippen molar-refractivity contribution in [2.75, 3.05) is 20.3 Å². The van der Waals surface area contributed by atoms with Crippen molar-refractivity contribution in [3.05, 3.63) is 59.7 Å². The number of amides is 2. The molecule has 0 fully saturated rings. The summed E-state index contributed by atoms with van der Waals surface area (Å²) in [6.45, 7) is 6.72. The number of hydrogen-bond donors (Lipinski definition) is 1. The first-order valence-electron chi connectivity index (χ1n) is 10.4. The van der Waals surface area contributed by atoms with E-state index in [1.807, 2.05) is 45.0 Å². The van der Waals surface area contributed by atoms with Gasteiger partial charge in [0.2, 0.25) is 5.91 Å². The number of ether oxygens (including phenoxy) is 2. The van der Waals surface area contributed by atoms with Crippen LogP contribution in [0.15, 0.2) is 48.5 Å². The number of aryl methyl sites for hydroxylation is 1. The van der Waals surface area contributed by atoms with Crippen LogP contribution in [0.5, 0.6) is 11.5 Å². The van der Waals surface area contributed by atoms with Crippen molar-refractivity contribution in [2.45, 2.75) is 46.2 Å². The van der Waals surface area contributed by atoms with Crippen LogP contribution in [0, 0.1) is 6.92 Å². The summed E-state index contributed by atoms with van der Waals surface area (Å²) < 4.78 is 10.8. The van der Waals surface area contributed by atoms with Crippen molar-refractivity contribution >= 4 is 11.8 Å². The van der Waals surface area contributed by atoms with Gasteiger partial charge in [0.05, 0.1) is 7.11 Å². The van der Waals surface area contributed by atoms with E-state index in [1.165, 1.54) is 0 Å². The number of rotatable bonds is 11. The molecule has 2 aromatic carbocycles. The molecule has 0 bridgehead atoms. The van der Waals surface area contributed by atoms with Gasteiger partial charge in [-0.2, -0.15) is 0 Å². The standard InChI is InChI=1S/C24H32N2O4/c1-5-15-25-24(28)22(6-2)26(16-19-9-7-18(3)8-10-19)23(27)17-30-21-13-11-20(29-4)12-14-21/h7-14,22H,5-6,15-17H2,1-4H3,(H,25,28)/t22-/m0/s1. The number of carbonyl (C=O) groups excluding carboxylic acids is 2. The number of benzene rings is 2. The summed E-state index contributed by atoms with van der Waals surface area (Å²) in [6, 6.07) is 14.5. The Bertz CT molecular complexity index is 803. The van der Waals surface area contributed by atoms with Gasteiger partial charge in [0.1, 0.15) is 17.5 Å². The van der Waals surface area contributed by atoms with Gasteiger partial charge in [-0.15, -0.1) is 0 Å². The summed E-state index contributed by atoms with van der Waals surface area (Å²) in [7, 11) is 1.59. The fraction of sp³-hybridized carbons (Fsp3) is 0.417. The Morgan fingerprint density at radius 3 is 2.20 bits per heavy atom. The molecule has 6 nitrogen and oxygen atoms in total. The normalized spacial score (nSPS) is 11.5. The van der Waals surface area contributed by atoms with E-state index in [0.717, 1.165) is 17.5 Å². The highest BCUT2D eigenvalue weighted by Gasteiger charge is 2.28. The third kappa shape index (κ3) is 6.79. The van der Waals surface area contributed by atoms with Gasteiger partial charge >= 0.3 is 0 Å². The zero-order valence-electron chi connectivity index (χ0n) is 18.3. The number of carbonyl (C=O) groups is 2. The van der Waals surface area contributed by atoms with Crippen LogP contribution in [0.4, 0.5) is 0 Å².